The summed E-state index contributed by atoms with van der Waals surface area (Å²) in [7, 11) is 0. The molecule has 1 saturated heterocycles. The molecule has 7 heteroatoms. The molecule has 2 atom stereocenters. The molecule has 0 N–H and O–H groups in total. The summed E-state index contributed by atoms with van der Waals surface area (Å²) in [6, 6.07) is 8.86. The Bertz CT molecular complexity index is 988. The lowest BCUT2D eigenvalue weighted by Crippen LogP contribution is -2.49. The first-order valence-electron chi connectivity index (χ1n) is 9.25. The second kappa shape index (κ2) is 6.58. The molecule has 27 heavy (non-hydrogen) atoms. The fourth-order valence-corrected chi connectivity index (χ4v) is 5.89. The molecule has 0 bridgehead atoms. The zero-order valence-electron chi connectivity index (χ0n) is 15.5. The van der Waals surface area contributed by atoms with Crippen LogP contribution in [0.2, 0.25) is 0 Å². The molecule has 2 aliphatic heterocycles. The van der Waals surface area contributed by atoms with Crippen molar-refractivity contribution >= 4 is 28.6 Å². The Labute approximate surface area is 166 Å². The molecular formula is C20H22N4OS2. The average molecular weight is 399 g/mol. The lowest BCUT2D eigenvalue weighted by atomic mass is 10.1. The summed E-state index contributed by atoms with van der Waals surface area (Å²) in [6.45, 7) is 7.61. The Kier molecular flexibility index (Phi) is 4.18. The topological polar surface area (TPSA) is 41.4 Å². The van der Waals surface area contributed by atoms with Gasteiger partial charge in [-0.25, -0.2) is 4.98 Å². The molecule has 0 saturated carbocycles. The maximum Gasteiger partial charge on any atom is 0.271 e. The Morgan fingerprint density at radius 2 is 2.00 bits per heavy atom. The molecule has 3 aromatic heterocycles. The number of nitrogens with zero attached hydrogens (tertiary/aromatic N) is 4. The van der Waals surface area contributed by atoms with Crippen LogP contribution in [0.3, 0.4) is 0 Å². The minimum Gasteiger partial charge on any atom is -0.337 e. The van der Waals surface area contributed by atoms with E-state index in [2.05, 4.69) is 45.1 Å². The van der Waals surface area contributed by atoms with E-state index in [1.807, 2.05) is 35.3 Å². The quantitative estimate of drug-likeness (QED) is 0.673. The number of hydrogen-bond acceptors (Lipinski definition) is 5. The van der Waals surface area contributed by atoms with Gasteiger partial charge in [0.2, 0.25) is 0 Å². The number of carbonyl (C=O) groups is 1. The van der Waals surface area contributed by atoms with Crippen molar-refractivity contribution in [2.45, 2.75) is 39.0 Å². The number of likely N-dealkylation sites (tertiary alicyclic amines) is 1. The van der Waals surface area contributed by atoms with Crippen molar-refractivity contribution in [3.8, 4) is 0 Å². The minimum atomic E-state index is 0.126. The number of fused-ring (bicyclic) bond motifs is 3. The van der Waals surface area contributed by atoms with Gasteiger partial charge in [-0.2, -0.15) is 0 Å². The van der Waals surface area contributed by atoms with Crippen LogP contribution in [0.4, 0.5) is 0 Å². The number of aryl methyl sites for hydroxylation is 2. The van der Waals surface area contributed by atoms with Crippen LogP contribution in [0.15, 0.2) is 35.8 Å². The second-order valence-electron chi connectivity index (χ2n) is 7.43. The van der Waals surface area contributed by atoms with E-state index in [1.165, 1.54) is 9.75 Å². The molecule has 0 spiro atoms. The van der Waals surface area contributed by atoms with Gasteiger partial charge in [0.1, 0.15) is 5.69 Å². The number of thiazole rings is 1. The number of carbonyl (C=O) groups excluding carboxylic acids is 1. The third kappa shape index (κ3) is 3.03. The summed E-state index contributed by atoms with van der Waals surface area (Å²) in [5, 5.41) is 3.13. The van der Waals surface area contributed by atoms with Crippen molar-refractivity contribution in [3.63, 3.8) is 0 Å². The Balaban J connectivity index is 1.43. The maximum absolute atomic E-state index is 13.2. The maximum atomic E-state index is 13.2. The first-order chi connectivity index (χ1) is 13.1. The fraction of sp³-hybridized carbons (Fsp3) is 0.400. The molecule has 0 radical (unpaired) electrons. The van der Waals surface area contributed by atoms with Gasteiger partial charge in [0.25, 0.3) is 5.91 Å². The van der Waals surface area contributed by atoms with Crippen molar-refractivity contribution in [2.24, 2.45) is 0 Å². The van der Waals surface area contributed by atoms with Gasteiger partial charge in [-0.1, -0.05) is 0 Å². The van der Waals surface area contributed by atoms with Crippen LogP contribution in [0.1, 0.15) is 37.0 Å². The molecule has 5 heterocycles. The van der Waals surface area contributed by atoms with Crippen LogP contribution in [0, 0.1) is 13.8 Å². The molecule has 5 nitrogen and oxygen atoms in total. The van der Waals surface area contributed by atoms with Gasteiger partial charge in [0.05, 0.1) is 29.3 Å². The van der Waals surface area contributed by atoms with E-state index in [9.17, 15) is 4.79 Å². The molecule has 0 unspecified atom stereocenters. The SMILES string of the molecule is Cc1ccc(CN2C[C@@H]3[C@H](C2)n2cccc2C(=O)N3Cc2csc(C)n2)s1. The number of hydrogen-bond donors (Lipinski definition) is 0. The Morgan fingerprint density at radius 3 is 2.74 bits per heavy atom. The van der Waals surface area contributed by atoms with Gasteiger partial charge in [0.15, 0.2) is 0 Å². The molecule has 140 valence electrons. The first-order valence-corrected chi connectivity index (χ1v) is 10.9. The fourth-order valence-electron chi connectivity index (χ4n) is 4.35. The van der Waals surface area contributed by atoms with Crippen molar-refractivity contribution in [3.05, 3.63) is 62.0 Å². The monoisotopic (exact) mass is 398 g/mol. The van der Waals surface area contributed by atoms with Crippen LogP contribution in [0.5, 0.6) is 0 Å². The van der Waals surface area contributed by atoms with Crippen molar-refractivity contribution in [1.82, 2.24) is 19.4 Å². The van der Waals surface area contributed by atoms with Crippen LogP contribution in [0.25, 0.3) is 0 Å². The van der Waals surface area contributed by atoms with Crippen LogP contribution in [-0.4, -0.2) is 44.4 Å². The highest BCUT2D eigenvalue weighted by Gasteiger charge is 2.45. The molecule has 1 amide bonds. The summed E-state index contributed by atoms with van der Waals surface area (Å²) in [5.74, 6) is 0.126. The van der Waals surface area contributed by atoms with E-state index >= 15 is 0 Å². The standard InChI is InChI=1S/C20H22N4OS2/c1-13-5-6-16(27-13)9-22-10-18-19(11-22)24(8-15-12-26-14(2)21-15)20(25)17-4-3-7-23(17)18/h3-7,12,18-19H,8-11H2,1-2H3/t18-,19+/m0/s1. The molecule has 3 aromatic rings. The third-order valence-electron chi connectivity index (χ3n) is 5.53. The molecule has 5 rings (SSSR count). The summed E-state index contributed by atoms with van der Waals surface area (Å²) >= 11 is 3.51. The average Bonchev–Trinajstić information content (AvgIpc) is 3.39. The van der Waals surface area contributed by atoms with Crippen LogP contribution >= 0.6 is 22.7 Å². The zero-order valence-corrected chi connectivity index (χ0v) is 17.1. The summed E-state index contributed by atoms with van der Waals surface area (Å²) in [4.78, 5) is 25.0. The molecule has 1 fully saturated rings. The Hall–Kier alpha value is -1.96. The largest absolute Gasteiger partial charge is 0.337 e. The second-order valence-corrected chi connectivity index (χ2v) is 9.87. The van der Waals surface area contributed by atoms with Crippen molar-refractivity contribution in [2.75, 3.05) is 13.1 Å². The van der Waals surface area contributed by atoms with Crippen molar-refractivity contribution < 1.29 is 4.79 Å². The molecule has 0 aromatic carbocycles. The third-order valence-corrected chi connectivity index (χ3v) is 7.33. The van der Waals surface area contributed by atoms with E-state index in [0.29, 0.717) is 12.6 Å². The van der Waals surface area contributed by atoms with Gasteiger partial charge in [-0.15, -0.1) is 22.7 Å². The van der Waals surface area contributed by atoms with Crippen LogP contribution in [-0.2, 0) is 13.1 Å². The van der Waals surface area contributed by atoms with E-state index in [-0.39, 0.29) is 11.9 Å². The summed E-state index contributed by atoms with van der Waals surface area (Å²) in [5.41, 5.74) is 1.80. The highest BCUT2D eigenvalue weighted by Crippen LogP contribution is 2.35. The van der Waals surface area contributed by atoms with Gasteiger partial charge in [0, 0.05) is 41.0 Å². The highest BCUT2D eigenvalue weighted by atomic mass is 32.1. The smallest absolute Gasteiger partial charge is 0.271 e. The van der Waals surface area contributed by atoms with E-state index in [0.717, 1.165) is 36.0 Å². The first kappa shape index (κ1) is 17.2. The number of rotatable bonds is 4. The lowest BCUT2D eigenvalue weighted by molar-refractivity contribution is 0.0554. The number of amides is 1. The van der Waals surface area contributed by atoms with Gasteiger partial charge in [-0.3, -0.25) is 9.69 Å². The number of thiophene rings is 1. The normalized spacial score (nSPS) is 22.3. The van der Waals surface area contributed by atoms with E-state index in [4.69, 9.17) is 0 Å². The minimum absolute atomic E-state index is 0.126. The number of aromatic nitrogens is 2. The highest BCUT2D eigenvalue weighted by molar-refractivity contribution is 7.11. The van der Waals surface area contributed by atoms with Gasteiger partial charge in [-0.05, 0) is 38.1 Å². The molecule has 0 aliphatic carbocycles. The predicted octanol–water partition coefficient (Wildman–Crippen LogP) is 3.70. The van der Waals surface area contributed by atoms with Crippen molar-refractivity contribution in [1.29, 1.82) is 0 Å². The Morgan fingerprint density at radius 1 is 1.15 bits per heavy atom. The summed E-state index contributed by atoms with van der Waals surface area (Å²) in [6.07, 6.45) is 2.06. The van der Waals surface area contributed by atoms with Crippen LogP contribution < -0.4 is 0 Å². The lowest BCUT2D eigenvalue weighted by Gasteiger charge is -2.38. The summed E-state index contributed by atoms with van der Waals surface area (Å²) < 4.78 is 2.19. The molecule has 2 aliphatic rings. The molecular weight excluding hydrogens is 376 g/mol. The van der Waals surface area contributed by atoms with Gasteiger partial charge < -0.3 is 9.47 Å². The van der Waals surface area contributed by atoms with Gasteiger partial charge >= 0.3 is 0 Å². The predicted molar refractivity (Wildman–Crippen MR) is 108 cm³/mol. The van der Waals surface area contributed by atoms with E-state index < -0.39 is 0 Å². The zero-order chi connectivity index (χ0) is 18.5. The van der Waals surface area contributed by atoms with E-state index in [1.54, 1.807) is 11.3 Å².